The number of urea groups is 1. The number of hydrogen-bond acceptors (Lipinski definition) is 9. The van der Waals surface area contributed by atoms with Crippen molar-refractivity contribution in [2.24, 2.45) is 5.41 Å². The standard InChI is InChI=1S/C22H21F2N5O7/c1-8-6-28-14-10(4-22(16(28)9(2)35-8)18(30)25-20(32)26-19(22)31)3-12-15(13(14)24)36-27-17(12)29-11(5-23)7-34-21(29)33/h3,8-9,11,16H,4-7H2,1-2H3,(H2,25,26,30,31,32)/t8-,9+,11+,16-/m0/s1. The van der Waals surface area contributed by atoms with E-state index in [1.165, 1.54) is 6.07 Å². The lowest BCUT2D eigenvalue weighted by molar-refractivity contribution is -0.153. The Bertz CT molecular complexity index is 1330. The van der Waals surface area contributed by atoms with Crippen molar-refractivity contribution in [3.05, 3.63) is 17.4 Å². The molecule has 190 valence electrons. The second-order valence-electron chi connectivity index (χ2n) is 9.47. The number of fused-ring (bicyclic) bond motifs is 5. The van der Waals surface area contributed by atoms with Crippen LogP contribution in [-0.4, -0.2) is 73.2 Å². The van der Waals surface area contributed by atoms with Crippen LogP contribution in [-0.2, 0) is 25.5 Å². The zero-order valence-electron chi connectivity index (χ0n) is 19.2. The van der Waals surface area contributed by atoms with Crippen molar-refractivity contribution in [3.63, 3.8) is 0 Å². The van der Waals surface area contributed by atoms with Gasteiger partial charge in [0.25, 0.3) is 0 Å². The lowest BCUT2D eigenvalue weighted by Crippen LogP contribution is -2.75. The number of morpholine rings is 1. The molecule has 6 rings (SSSR count). The summed E-state index contributed by atoms with van der Waals surface area (Å²) in [6, 6.07) is -1.38. The molecule has 0 aliphatic carbocycles. The fraction of sp³-hybridized carbons (Fsp3) is 0.500. The number of benzene rings is 1. The van der Waals surface area contributed by atoms with E-state index in [4.69, 9.17) is 14.0 Å². The van der Waals surface area contributed by atoms with Crippen molar-refractivity contribution < 1.29 is 42.0 Å². The number of barbiturate groups is 1. The third-order valence-corrected chi connectivity index (χ3v) is 7.31. The summed E-state index contributed by atoms with van der Waals surface area (Å²) in [5.74, 6) is -2.59. The van der Waals surface area contributed by atoms with E-state index in [0.29, 0.717) is 0 Å². The van der Waals surface area contributed by atoms with Crippen LogP contribution in [0.1, 0.15) is 19.4 Å². The topological polar surface area (TPSA) is 143 Å². The molecule has 2 aromatic rings. The van der Waals surface area contributed by atoms with Crippen molar-refractivity contribution in [3.8, 4) is 0 Å². The average Bonchev–Trinajstić information content (AvgIpc) is 3.39. The van der Waals surface area contributed by atoms with Gasteiger partial charge in [0.15, 0.2) is 17.1 Å². The second kappa shape index (κ2) is 7.59. The van der Waals surface area contributed by atoms with Gasteiger partial charge < -0.3 is 18.9 Å². The van der Waals surface area contributed by atoms with E-state index in [0.717, 1.165) is 4.90 Å². The van der Waals surface area contributed by atoms with Gasteiger partial charge >= 0.3 is 12.1 Å². The summed E-state index contributed by atoms with van der Waals surface area (Å²) in [6.07, 6.45) is -2.19. The van der Waals surface area contributed by atoms with Crippen LogP contribution in [0.15, 0.2) is 10.6 Å². The minimum absolute atomic E-state index is 0.0548. The van der Waals surface area contributed by atoms with E-state index in [-0.39, 0.29) is 53.7 Å². The number of amides is 5. The highest BCUT2D eigenvalue weighted by Gasteiger charge is 2.63. The van der Waals surface area contributed by atoms with Crippen LogP contribution in [0.5, 0.6) is 0 Å². The number of carbonyl (C=O) groups excluding carboxylic acids is 4. The molecule has 1 aromatic heterocycles. The molecule has 4 aliphatic heterocycles. The van der Waals surface area contributed by atoms with Crippen LogP contribution in [0.3, 0.4) is 0 Å². The first-order chi connectivity index (χ1) is 17.2. The Morgan fingerprint density at radius 1 is 1.19 bits per heavy atom. The van der Waals surface area contributed by atoms with Crippen molar-refractivity contribution in [1.29, 1.82) is 0 Å². The number of hydrogen-bond donors (Lipinski definition) is 2. The van der Waals surface area contributed by atoms with Gasteiger partial charge in [0.2, 0.25) is 17.4 Å². The van der Waals surface area contributed by atoms with Gasteiger partial charge in [-0.1, -0.05) is 5.16 Å². The number of halogens is 2. The van der Waals surface area contributed by atoms with Crippen LogP contribution in [0, 0.1) is 11.2 Å². The highest BCUT2D eigenvalue weighted by Crippen LogP contribution is 2.50. The maximum Gasteiger partial charge on any atom is 0.416 e. The molecule has 5 heterocycles. The predicted octanol–water partition coefficient (Wildman–Crippen LogP) is 1.15. The van der Waals surface area contributed by atoms with Crippen molar-refractivity contribution in [2.75, 3.05) is 29.6 Å². The first kappa shape index (κ1) is 22.6. The summed E-state index contributed by atoms with van der Waals surface area (Å²) in [5.41, 5.74) is -1.72. The lowest BCUT2D eigenvalue weighted by Gasteiger charge is -2.55. The minimum atomic E-state index is -1.81. The molecule has 4 aliphatic rings. The van der Waals surface area contributed by atoms with E-state index in [1.807, 2.05) is 0 Å². The summed E-state index contributed by atoms with van der Waals surface area (Å²) < 4.78 is 45.7. The molecule has 0 bridgehead atoms. The Balaban J connectivity index is 1.57. The minimum Gasteiger partial charge on any atom is -0.447 e. The summed E-state index contributed by atoms with van der Waals surface area (Å²) >= 11 is 0. The maximum atomic E-state index is 16.1. The van der Waals surface area contributed by atoms with Crippen molar-refractivity contribution in [1.82, 2.24) is 15.8 Å². The third-order valence-electron chi connectivity index (χ3n) is 7.31. The Morgan fingerprint density at radius 2 is 1.92 bits per heavy atom. The number of aromatic nitrogens is 1. The summed E-state index contributed by atoms with van der Waals surface area (Å²) in [4.78, 5) is 53.2. The third kappa shape index (κ3) is 2.84. The van der Waals surface area contributed by atoms with Crippen molar-refractivity contribution >= 4 is 46.4 Å². The van der Waals surface area contributed by atoms with Crippen molar-refractivity contribution in [2.45, 2.75) is 44.6 Å². The quantitative estimate of drug-likeness (QED) is 0.575. The first-order valence-electron chi connectivity index (χ1n) is 11.4. The Hall–Kier alpha value is -3.81. The average molecular weight is 505 g/mol. The number of nitrogens with one attached hydrogen (secondary N) is 2. The van der Waals surface area contributed by atoms with Gasteiger partial charge in [0.1, 0.15) is 19.3 Å². The zero-order valence-corrected chi connectivity index (χ0v) is 19.2. The van der Waals surface area contributed by atoms with Gasteiger partial charge in [0.05, 0.1) is 29.3 Å². The fourth-order valence-corrected chi connectivity index (χ4v) is 5.94. The summed E-state index contributed by atoms with van der Waals surface area (Å²) in [5, 5.41) is 8.21. The smallest absolute Gasteiger partial charge is 0.416 e. The van der Waals surface area contributed by atoms with Crippen LogP contribution >= 0.6 is 0 Å². The molecular formula is C22H21F2N5O7. The molecule has 3 fully saturated rings. The monoisotopic (exact) mass is 505 g/mol. The number of nitrogens with zero attached hydrogens (tertiary/aromatic N) is 3. The normalized spacial score (nSPS) is 29.2. The maximum absolute atomic E-state index is 16.1. The second-order valence-corrected chi connectivity index (χ2v) is 9.47. The van der Waals surface area contributed by atoms with Crippen LogP contribution in [0.25, 0.3) is 11.0 Å². The molecule has 0 unspecified atom stereocenters. The van der Waals surface area contributed by atoms with Crippen LogP contribution in [0.4, 0.5) is 29.9 Å². The molecular weight excluding hydrogens is 484 g/mol. The SMILES string of the molecule is C[C@H]1CN2c3c(cc4c(N5C(=O)OC[C@H]5CF)noc4c3F)CC3(C(=O)NC(=O)NC3=O)[C@@H]2[C@@H](C)O1. The van der Waals surface area contributed by atoms with Crippen LogP contribution in [0.2, 0.25) is 0 Å². The highest BCUT2D eigenvalue weighted by molar-refractivity contribution is 6.20. The molecule has 3 saturated heterocycles. The highest BCUT2D eigenvalue weighted by atomic mass is 19.1. The van der Waals surface area contributed by atoms with E-state index < -0.39 is 60.0 Å². The number of cyclic esters (lactones) is 1. The number of anilines is 2. The van der Waals surface area contributed by atoms with Gasteiger partial charge in [0, 0.05) is 13.0 Å². The number of alkyl halides is 1. The Kier molecular flexibility index (Phi) is 4.78. The molecule has 12 nitrogen and oxygen atoms in total. The van der Waals surface area contributed by atoms with Gasteiger partial charge in [-0.05, 0) is 25.5 Å². The number of rotatable bonds is 2. The molecule has 36 heavy (non-hydrogen) atoms. The fourth-order valence-electron chi connectivity index (χ4n) is 5.94. The number of ether oxygens (including phenoxy) is 2. The van der Waals surface area contributed by atoms with Gasteiger partial charge in [-0.15, -0.1) is 0 Å². The molecule has 4 atom stereocenters. The van der Waals surface area contributed by atoms with E-state index >= 15 is 4.39 Å². The first-order valence-corrected chi connectivity index (χ1v) is 11.4. The van der Waals surface area contributed by atoms with Gasteiger partial charge in [-0.25, -0.2) is 23.3 Å². The molecule has 0 saturated carbocycles. The molecule has 14 heteroatoms. The summed E-state index contributed by atoms with van der Waals surface area (Å²) in [7, 11) is 0. The largest absolute Gasteiger partial charge is 0.447 e. The number of imide groups is 2. The van der Waals surface area contributed by atoms with E-state index in [2.05, 4.69) is 15.8 Å². The van der Waals surface area contributed by atoms with E-state index in [9.17, 15) is 23.6 Å². The van der Waals surface area contributed by atoms with Gasteiger partial charge in [-0.2, -0.15) is 0 Å². The number of carbonyl (C=O) groups is 4. The molecule has 1 aromatic carbocycles. The Labute approximate surface area is 201 Å². The van der Waals surface area contributed by atoms with E-state index in [1.54, 1.807) is 18.7 Å². The summed E-state index contributed by atoms with van der Waals surface area (Å²) in [6.45, 7) is 2.47. The molecule has 5 amide bonds. The molecule has 1 spiro atoms. The molecule has 0 radical (unpaired) electrons. The predicted molar refractivity (Wildman–Crippen MR) is 117 cm³/mol. The lowest BCUT2D eigenvalue weighted by atomic mass is 9.66. The Morgan fingerprint density at radius 3 is 2.61 bits per heavy atom. The van der Waals surface area contributed by atoms with Crippen LogP contribution < -0.4 is 20.4 Å². The van der Waals surface area contributed by atoms with Gasteiger partial charge in [-0.3, -0.25) is 20.2 Å². The molecule has 2 N–H and O–H groups in total. The zero-order chi connectivity index (χ0) is 25.5.